The lowest BCUT2D eigenvalue weighted by Gasteiger charge is -2.12. The second-order valence-electron chi connectivity index (χ2n) is 5.87. The summed E-state index contributed by atoms with van der Waals surface area (Å²) in [5, 5.41) is 23.5. The number of hydrogen-bond donors (Lipinski definition) is 3. The van der Waals surface area contributed by atoms with Crippen molar-refractivity contribution in [2.24, 2.45) is 4.99 Å². The van der Waals surface area contributed by atoms with Crippen LogP contribution in [-0.2, 0) is 6.54 Å². The Labute approximate surface area is 156 Å². The highest BCUT2D eigenvalue weighted by atomic mass is 32.1. The number of guanidine groups is 1. The number of para-hydroxylation sites is 2. The Balaban J connectivity index is 1.76. The highest BCUT2D eigenvalue weighted by Gasteiger charge is 2.11. The van der Waals surface area contributed by atoms with Gasteiger partial charge in [0.1, 0.15) is 10.7 Å². The van der Waals surface area contributed by atoms with E-state index in [4.69, 9.17) is 0 Å². The first-order valence-electron chi connectivity index (χ1n) is 8.37. The van der Waals surface area contributed by atoms with Crippen LogP contribution in [0.1, 0.15) is 30.5 Å². The minimum Gasteiger partial charge on any atom is -0.378 e. The van der Waals surface area contributed by atoms with Crippen molar-refractivity contribution in [2.75, 3.05) is 25.5 Å². The molecule has 0 amide bonds. The Morgan fingerprint density at radius 3 is 2.73 bits per heavy atom. The third kappa shape index (κ3) is 5.69. The zero-order valence-electron chi connectivity index (χ0n) is 15.2. The summed E-state index contributed by atoms with van der Waals surface area (Å²) < 4.78 is 0. The quantitative estimate of drug-likeness (QED) is 0.215. The van der Waals surface area contributed by atoms with Crippen LogP contribution in [0.25, 0.3) is 0 Å². The van der Waals surface area contributed by atoms with Crippen molar-refractivity contribution in [1.29, 1.82) is 0 Å². The van der Waals surface area contributed by atoms with Crippen molar-refractivity contribution in [3.8, 4) is 0 Å². The molecule has 0 saturated carbocycles. The number of nitro benzene ring substituents is 1. The Hall–Kier alpha value is -2.68. The molecule has 140 valence electrons. The van der Waals surface area contributed by atoms with Gasteiger partial charge in [-0.1, -0.05) is 26.0 Å². The van der Waals surface area contributed by atoms with Gasteiger partial charge in [0.05, 0.1) is 17.2 Å². The molecule has 2 rings (SSSR count). The molecule has 0 radical (unpaired) electrons. The average Bonchev–Trinajstić information content (AvgIpc) is 3.10. The predicted molar refractivity (Wildman–Crippen MR) is 106 cm³/mol. The van der Waals surface area contributed by atoms with Crippen LogP contribution in [0.5, 0.6) is 0 Å². The first kappa shape index (κ1) is 19.6. The van der Waals surface area contributed by atoms with E-state index >= 15 is 0 Å². The number of aromatic nitrogens is 1. The largest absolute Gasteiger partial charge is 0.378 e. The van der Waals surface area contributed by atoms with Crippen molar-refractivity contribution in [3.05, 3.63) is 50.5 Å². The normalized spacial score (nSPS) is 11.5. The fraction of sp³-hybridized carbons (Fsp3) is 0.412. The molecule has 0 unspecified atom stereocenters. The summed E-state index contributed by atoms with van der Waals surface area (Å²) in [6.07, 6.45) is 0. The molecule has 9 heteroatoms. The summed E-state index contributed by atoms with van der Waals surface area (Å²) in [5.41, 5.74) is 1.68. The second-order valence-corrected chi connectivity index (χ2v) is 6.82. The van der Waals surface area contributed by atoms with Crippen LogP contribution in [0.15, 0.2) is 34.6 Å². The summed E-state index contributed by atoms with van der Waals surface area (Å²) in [6, 6.07) is 6.59. The third-order valence-corrected chi connectivity index (χ3v) is 4.49. The molecule has 1 heterocycles. The molecule has 26 heavy (non-hydrogen) atoms. The molecular formula is C17H24N6O2S. The van der Waals surface area contributed by atoms with Crippen molar-refractivity contribution in [2.45, 2.75) is 26.3 Å². The molecule has 0 spiro atoms. The van der Waals surface area contributed by atoms with Crippen molar-refractivity contribution < 1.29 is 4.92 Å². The van der Waals surface area contributed by atoms with Gasteiger partial charge in [0.25, 0.3) is 5.69 Å². The summed E-state index contributed by atoms with van der Waals surface area (Å²) >= 11 is 1.63. The number of rotatable bonds is 8. The first-order chi connectivity index (χ1) is 12.5. The van der Waals surface area contributed by atoms with Gasteiger partial charge in [0, 0.05) is 31.6 Å². The van der Waals surface area contributed by atoms with E-state index in [2.05, 4.69) is 45.2 Å². The van der Waals surface area contributed by atoms with E-state index in [0.717, 1.165) is 10.7 Å². The molecule has 3 N–H and O–H groups in total. The third-order valence-electron chi connectivity index (χ3n) is 3.63. The maximum Gasteiger partial charge on any atom is 0.292 e. The lowest BCUT2D eigenvalue weighted by Crippen LogP contribution is -2.39. The van der Waals surface area contributed by atoms with Crippen molar-refractivity contribution in [1.82, 2.24) is 15.6 Å². The Kier molecular flexibility index (Phi) is 7.34. The van der Waals surface area contributed by atoms with Crippen LogP contribution >= 0.6 is 11.3 Å². The Bertz CT molecular complexity index is 759. The van der Waals surface area contributed by atoms with Crippen LogP contribution in [0.4, 0.5) is 11.4 Å². The van der Waals surface area contributed by atoms with Crippen molar-refractivity contribution >= 4 is 28.7 Å². The van der Waals surface area contributed by atoms with Gasteiger partial charge in [-0.3, -0.25) is 15.1 Å². The van der Waals surface area contributed by atoms with Crippen molar-refractivity contribution in [3.63, 3.8) is 0 Å². The maximum atomic E-state index is 11.0. The lowest BCUT2D eigenvalue weighted by atomic mass is 10.2. The zero-order valence-corrected chi connectivity index (χ0v) is 16.0. The number of benzene rings is 1. The monoisotopic (exact) mass is 376 g/mol. The summed E-state index contributed by atoms with van der Waals surface area (Å²) in [4.78, 5) is 19.3. The number of thiazole rings is 1. The molecule has 1 aromatic heterocycles. The summed E-state index contributed by atoms with van der Waals surface area (Å²) in [6.45, 7) is 5.95. The van der Waals surface area contributed by atoms with Crippen LogP contribution in [0.2, 0.25) is 0 Å². The van der Waals surface area contributed by atoms with E-state index in [1.165, 1.54) is 6.07 Å². The fourth-order valence-corrected chi connectivity index (χ4v) is 3.11. The van der Waals surface area contributed by atoms with E-state index in [9.17, 15) is 10.1 Å². The standard InChI is InChI=1S/C17H24N6O2S/c1-12(2)14-11-26-16(22-14)10-21-17(18-3)20-9-8-19-13-6-4-5-7-15(13)23(24)25/h4-7,11-12,19H,8-10H2,1-3H3,(H2,18,20,21). The minimum atomic E-state index is -0.393. The smallest absolute Gasteiger partial charge is 0.292 e. The van der Waals surface area contributed by atoms with Gasteiger partial charge in [-0.15, -0.1) is 11.3 Å². The van der Waals surface area contributed by atoms with Gasteiger partial charge in [-0.2, -0.15) is 0 Å². The SMILES string of the molecule is CN=C(NCCNc1ccccc1[N+](=O)[O-])NCc1nc(C(C)C)cs1. The van der Waals surface area contributed by atoms with Gasteiger partial charge in [0.2, 0.25) is 0 Å². The first-order valence-corrected chi connectivity index (χ1v) is 9.25. The molecule has 0 bridgehead atoms. The number of aliphatic imine (C=N–C) groups is 1. The topological polar surface area (TPSA) is 104 Å². The van der Waals surface area contributed by atoms with Gasteiger partial charge < -0.3 is 16.0 Å². The van der Waals surface area contributed by atoms with E-state index in [0.29, 0.717) is 37.2 Å². The van der Waals surface area contributed by atoms with E-state index in [1.54, 1.807) is 36.6 Å². The maximum absolute atomic E-state index is 11.0. The summed E-state index contributed by atoms with van der Waals surface area (Å²) in [7, 11) is 1.70. The highest BCUT2D eigenvalue weighted by Crippen LogP contribution is 2.22. The Morgan fingerprint density at radius 1 is 1.31 bits per heavy atom. The highest BCUT2D eigenvalue weighted by molar-refractivity contribution is 7.09. The van der Waals surface area contributed by atoms with Gasteiger partial charge in [-0.25, -0.2) is 4.98 Å². The van der Waals surface area contributed by atoms with Crippen LogP contribution in [0, 0.1) is 10.1 Å². The molecule has 2 aromatic rings. The van der Waals surface area contributed by atoms with Gasteiger partial charge >= 0.3 is 0 Å². The fourth-order valence-electron chi connectivity index (χ4n) is 2.21. The van der Waals surface area contributed by atoms with E-state index in [1.807, 2.05) is 0 Å². The molecule has 0 aliphatic carbocycles. The summed E-state index contributed by atoms with van der Waals surface area (Å²) in [5.74, 6) is 1.08. The molecular weight excluding hydrogens is 352 g/mol. The molecule has 0 aliphatic heterocycles. The molecule has 1 aromatic carbocycles. The van der Waals surface area contributed by atoms with E-state index < -0.39 is 4.92 Å². The number of nitrogens with one attached hydrogen (secondary N) is 3. The Morgan fingerprint density at radius 2 is 2.08 bits per heavy atom. The van der Waals surface area contributed by atoms with Crippen LogP contribution in [0.3, 0.4) is 0 Å². The number of nitrogens with zero attached hydrogens (tertiary/aromatic N) is 3. The minimum absolute atomic E-state index is 0.0692. The lowest BCUT2D eigenvalue weighted by molar-refractivity contribution is -0.384. The number of nitro groups is 1. The molecule has 0 fully saturated rings. The van der Waals surface area contributed by atoms with Gasteiger partial charge in [-0.05, 0) is 12.0 Å². The molecule has 0 atom stereocenters. The zero-order chi connectivity index (χ0) is 18.9. The molecule has 0 saturated heterocycles. The predicted octanol–water partition coefficient (Wildman–Crippen LogP) is 2.95. The van der Waals surface area contributed by atoms with E-state index in [-0.39, 0.29) is 5.69 Å². The van der Waals surface area contributed by atoms with Gasteiger partial charge in [0.15, 0.2) is 5.96 Å². The average molecular weight is 376 g/mol. The van der Waals surface area contributed by atoms with Crippen LogP contribution < -0.4 is 16.0 Å². The second kappa shape index (κ2) is 9.71. The van der Waals surface area contributed by atoms with Crippen LogP contribution in [-0.4, -0.2) is 36.0 Å². The number of anilines is 1. The number of hydrogen-bond acceptors (Lipinski definition) is 6. The molecule has 0 aliphatic rings. The molecule has 8 nitrogen and oxygen atoms in total.